The molecule has 0 spiro atoms. The fourth-order valence-electron chi connectivity index (χ4n) is 3.58. The highest BCUT2D eigenvalue weighted by atomic mass is 35.5. The summed E-state index contributed by atoms with van der Waals surface area (Å²) >= 11 is 6.18. The number of carbonyl (C=O) groups excluding carboxylic acids is 1. The predicted molar refractivity (Wildman–Crippen MR) is 106 cm³/mol. The van der Waals surface area contributed by atoms with E-state index in [2.05, 4.69) is 11.5 Å². The second kappa shape index (κ2) is 9.22. The Hall–Kier alpha value is -1.81. The summed E-state index contributed by atoms with van der Waals surface area (Å²) < 4.78 is 2.09. The van der Waals surface area contributed by atoms with E-state index in [4.69, 9.17) is 16.7 Å². The first-order chi connectivity index (χ1) is 12.3. The van der Waals surface area contributed by atoms with Crippen LogP contribution in [0.5, 0.6) is 0 Å². The number of halogens is 1. The molecule has 0 aliphatic rings. The SMILES string of the molecule is CCCCCCc1c(C(=O)C[C@H](C)CC(=O)O)c2cc(Cl)ccc2n1C. The summed E-state index contributed by atoms with van der Waals surface area (Å²) in [6.07, 6.45) is 5.62. The van der Waals surface area contributed by atoms with Crippen LogP contribution in [0, 0.1) is 5.92 Å². The van der Waals surface area contributed by atoms with Crippen molar-refractivity contribution in [2.24, 2.45) is 13.0 Å². The van der Waals surface area contributed by atoms with Crippen molar-refractivity contribution in [2.75, 3.05) is 0 Å². The molecule has 0 saturated heterocycles. The molecule has 0 fully saturated rings. The average Bonchev–Trinajstić information content (AvgIpc) is 2.82. The van der Waals surface area contributed by atoms with Crippen molar-refractivity contribution in [1.82, 2.24) is 4.57 Å². The summed E-state index contributed by atoms with van der Waals surface area (Å²) in [5, 5.41) is 10.4. The largest absolute Gasteiger partial charge is 0.481 e. The summed E-state index contributed by atoms with van der Waals surface area (Å²) in [6, 6.07) is 5.64. The number of nitrogens with zero attached hydrogens (tertiary/aromatic N) is 1. The van der Waals surface area contributed by atoms with Gasteiger partial charge in [0.25, 0.3) is 0 Å². The lowest BCUT2D eigenvalue weighted by Crippen LogP contribution is -2.12. The lowest BCUT2D eigenvalue weighted by Gasteiger charge is -2.10. The predicted octanol–water partition coefficient (Wildman–Crippen LogP) is 5.64. The second-order valence-corrected chi connectivity index (χ2v) is 7.62. The first-order valence-electron chi connectivity index (χ1n) is 9.36. The lowest BCUT2D eigenvalue weighted by molar-refractivity contribution is -0.137. The summed E-state index contributed by atoms with van der Waals surface area (Å²) in [7, 11) is 1.99. The zero-order valence-electron chi connectivity index (χ0n) is 15.8. The molecule has 1 atom stereocenters. The number of ketones is 1. The number of carboxylic acids is 1. The topological polar surface area (TPSA) is 59.3 Å². The zero-order chi connectivity index (χ0) is 19.3. The summed E-state index contributed by atoms with van der Waals surface area (Å²) in [5.74, 6) is -1.05. The smallest absolute Gasteiger partial charge is 0.303 e. The minimum absolute atomic E-state index is 0.00307. The Bertz CT molecular complexity index is 794. The molecule has 0 unspecified atom stereocenters. The van der Waals surface area contributed by atoms with E-state index in [0.717, 1.165) is 41.4 Å². The Morgan fingerprint density at radius 3 is 2.58 bits per heavy atom. The first-order valence-corrected chi connectivity index (χ1v) is 9.74. The van der Waals surface area contributed by atoms with Crippen LogP contribution in [0.2, 0.25) is 5.02 Å². The lowest BCUT2D eigenvalue weighted by atomic mass is 9.94. The van der Waals surface area contributed by atoms with Crippen LogP contribution >= 0.6 is 11.6 Å². The van der Waals surface area contributed by atoms with Crippen molar-refractivity contribution in [1.29, 1.82) is 0 Å². The fourth-order valence-corrected chi connectivity index (χ4v) is 3.75. The van der Waals surface area contributed by atoms with Crippen molar-refractivity contribution in [3.63, 3.8) is 0 Å². The third-order valence-corrected chi connectivity index (χ3v) is 5.12. The molecule has 2 aromatic rings. The number of Topliss-reactive ketones (excluding diaryl/α,β-unsaturated/α-hetero) is 1. The van der Waals surface area contributed by atoms with Gasteiger partial charge in [-0.15, -0.1) is 0 Å². The number of carboxylic acid groups (broad SMARTS) is 1. The van der Waals surface area contributed by atoms with Crippen molar-refractivity contribution in [2.45, 2.75) is 58.8 Å². The van der Waals surface area contributed by atoms with E-state index in [1.165, 1.54) is 12.8 Å². The van der Waals surface area contributed by atoms with Gasteiger partial charge >= 0.3 is 5.97 Å². The maximum Gasteiger partial charge on any atom is 0.303 e. The first kappa shape index (κ1) is 20.5. The van der Waals surface area contributed by atoms with Gasteiger partial charge in [0.05, 0.1) is 0 Å². The average molecular weight is 378 g/mol. The molecule has 26 heavy (non-hydrogen) atoms. The minimum Gasteiger partial charge on any atom is -0.481 e. The van der Waals surface area contributed by atoms with Gasteiger partial charge in [-0.2, -0.15) is 0 Å². The van der Waals surface area contributed by atoms with E-state index in [0.29, 0.717) is 5.02 Å². The Kier molecular flexibility index (Phi) is 7.27. The highest BCUT2D eigenvalue weighted by Gasteiger charge is 2.23. The van der Waals surface area contributed by atoms with Crippen LogP contribution in [0.4, 0.5) is 0 Å². The molecule has 2 rings (SSSR count). The van der Waals surface area contributed by atoms with Gasteiger partial charge in [-0.05, 0) is 37.0 Å². The van der Waals surface area contributed by atoms with Crippen LogP contribution in [-0.2, 0) is 18.3 Å². The minimum atomic E-state index is -0.869. The van der Waals surface area contributed by atoms with E-state index in [1.807, 2.05) is 32.2 Å². The Morgan fingerprint density at radius 1 is 1.19 bits per heavy atom. The van der Waals surface area contributed by atoms with Gasteiger partial charge in [-0.1, -0.05) is 44.7 Å². The molecular weight excluding hydrogens is 350 g/mol. The number of fused-ring (bicyclic) bond motifs is 1. The van der Waals surface area contributed by atoms with E-state index in [9.17, 15) is 9.59 Å². The maximum absolute atomic E-state index is 13.0. The molecule has 0 aliphatic heterocycles. The number of hydrogen-bond acceptors (Lipinski definition) is 2. The molecular formula is C21H28ClNO3. The Morgan fingerprint density at radius 2 is 1.92 bits per heavy atom. The highest BCUT2D eigenvalue weighted by Crippen LogP contribution is 2.31. The van der Waals surface area contributed by atoms with Crippen molar-refractivity contribution >= 4 is 34.3 Å². The van der Waals surface area contributed by atoms with Gasteiger partial charge in [-0.25, -0.2) is 0 Å². The molecule has 1 N–H and O–H groups in total. The van der Waals surface area contributed by atoms with E-state index in [-0.39, 0.29) is 24.5 Å². The molecule has 1 aromatic carbocycles. The molecule has 0 bridgehead atoms. The van der Waals surface area contributed by atoms with Crippen LogP contribution in [0.1, 0.15) is 68.4 Å². The molecule has 0 aliphatic carbocycles. The van der Waals surface area contributed by atoms with Gasteiger partial charge in [0.2, 0.25) is 0 Å². The number of carbonyl (C=O) groups is 2. The zero-order valence-corrected chi connectivity index (χ0v) is 16.6. The number of aliphatic carboxylic acids is 1. The molecule has 142 valence electrons. The number of benzene rings is 1. The third-order valence-electron chi connectivity index (χ3n) is 4.89. The molecule has 1 heterocycles. The van der Waals surface area contributed by atoms with Crippen molar-refractivity contribution in [3.8, 4) is 0 Å². The molecule has 5 heteroatoms. The second-order valence-electron chi connectivity index (χ2n) is 7.18. The highest BCUT2D eigenvalue weighted by molar-refractivity contribution is 6.31. The fraction of sp³-hybridized carbons (Fsp3) is 0.524. The Balaban J connectivity index is 2.38. The molecule has 0 amide bonds. The number of rotatable bonds is 10. The van der Waals surface area contributed by atoms with Crippen molar-refractivity contribution < 1.29 is 14.7 Å². The van der Waals surface area contributed by atoms with Crippen LogP contribution in [-0.4, -0.2) is 21.4 Å². The van der Waals surface area contributed by atoms with Crippen LogP contribution in [0.3, 0.4) is 0 Å². The van der Waals surface area contributed by atoms with Gasteiger partial charge in [-0.3, -0.25) is 9.59 Å². The molecule has 1 aromatic heterocycles. The van der Waals surface area contributed by atoms with Gasteiger partial charge in [0.15, 0.2) is 5.78 Å². The number of unbranched alkanes of at least 4 members (excludes halogenated alkanes) is 3. The molecule has 0 radical (unpaired) electrons. The van der Waals surface area contributed by atoms with Crippen LogP contribution in [0.15, 0.2) is 18.2 Å². The normalized spacial score (nSPS) is 12.5. The van der Waals surface area contributed by atoms with E-state index >= 15 is 0 Å². The van der Waals surface area contributed by atoms with E-state index in [1.54, 1.807) is 0 Å². The van der Waals surface area contributed by atoms with Gasteiger partial charge < -0.3 is 9.67 Å². The summed E-state index contributed by atoms with van der Waals surface area (Å²) in [5.41, 5.74) is 2.75. The van der Waals surface area contributed by atoms with Gasteiger partial charge in [0.1, 0.15) is 0 Å². The van der Waals surface area contributed by atoms with E-state index < -0.39 is 5.97 Å². The van der Waals surface area contributed by atoms with Crippen LogP contribution < -0.4 is 0 Å². The monoisotopic (exact) mass is 377 g/mol. The number of aromatic nitrogens is 1. The van der Waals surface area contributed by atoms with Crippen molar-refractivity contribution in [3.05, 3.63) is 34.5 Å². The summed E-state index contributed by atoms with van der Waals surface area (Å²) in [4.78, 5) is 24.0. The summed E-state index contributed by atoms with van der Waals surface area (Å²) in [6.45, 7) is 3.99. The number of aryl methyl sites for hydroxylation is 1. The maximum atomic E-state index is 13.0. The molecule has 0 saturated carbocycles. The quantitative estimate of drug-likeness (QED) is 0.430. The van der Waals surface area contributed by atoms with Gasteiger partial charge in [0, 0.05) is 47.1 Å². The third kappa shape index (κ3) is 4.88. The molecule has 4 nitrogen and oxygen atoms in total. The Labute approximate surface area is 160 Å². The van der Waals surface area contributed by atoms with Crippen LogP contribution in [0.25, 0.3) is 10.9 Å². The number of hydrogen-bond donors (Lipinski definition) is 1. The standard InChI is InChI=1S/C21H28ClNO3/c1-4-5-6-7-8-18-21(19(24)11-14(2)12-20(25)26)16-13-15(22)9-10-17(16)23(18)3/h9-10,13-14H,4-8,11-12H2,1-3H3,(H,25,26)/t14-/m0/s1.